The van der Waals surface area contributed by atoms with Crippen LogP contribution in [0.25, 0.3) is 10.4 Å². The lowest BCUT2D eigenvalue weighted by atomic mass is 10.2. The minimum atomic E-state index is -0.424. The van der Waals surface area contributed by atoms with Gasteiger partial charge in [0.2, 0.25) is 0 Å². The van der Waals surface area contributed by atoms with Crippen molar-refractivity contribution in [3.05, 3.63) is 41.3 Å². The summed E-state index contributed by atoms with van der Waals surface area (Å²) in [5.74, 6) is 0.911. The highest BCUT2D eigenvalue weighted by Gasteiger charge is 2.23. The van der Waals surface area contributed by atoms with Gasteiger partial charge in [-0.25, -0.2) is 4.79 Å². The number of amidine groups is 1. The largest absolute Gasteiger partial charge is 0.480 e. The van der Waals surface area contributed by atoms with Gasteiger partial charge in [-0.1, -0.05) is 35.9 Å². The predicted molar refractivity (Wildman–Crippen MR) is 82.0 cm³/mol. The van der Waals surface area contributed by atoms with Crippen LogP contribution in [0.4, 0.5) is 0 Å². The molecule has 1 aromatic carbocycles. The van der Waals surface area contributed by atoms with E-state index >= 15 is 0 Å². The lowest BCUT2D eigenvalue weighted by Gasteiger charge is -2.03. The number of quaternary nitrogens is 1. The van der Waals surface area contributed by atoms with Crippen molar-refractivity contribution < 1.29 is 19.7 Å². The fraction of sp³-hybridized carbons (Fsp3) is 0.143. The fourth-order valence-electron chi connectivity index (χ4n) is 1.94. The minimum absolute atomic E-state index is 0.136. The van der Waals surface area contributed by atoms with Gasteiger partial charge in [0.05, 0.1) is 7.11 Å². The predicted octanol–water partition coefficient (Wildman–Crippen LogP) is 0.215. The quantitative estimate of drug-likeness (QED) is 0.542. The van der Waals surface area contributed by atoms with Crippen LogP contribution in [-0.4, -0.2) is 25.5 Å². The number of methoxy groups -OCH3 is 1. The standard InChI is InChI=1S/C14H14N4O3S/c1-20-12(19)8-21-10-7-11(9-5-3-2-4-6-9)22-13(10)14-15-17-18-16-14/h2-7,17-18H,8H2,1H3,(H,15,16)/p+1. The molecule has 1 aliphatic heterocycles. The molecule has 0 unspecified atom stereocenters. The molecule has 0 bridgehead atoms. The summed E-state index contributed by atoms with van der Waals surface area (Å²) >= 11 is 1.55. The van der Waals surface area contributed by atoms with Gasteiger partial charge in [0, 0.05) is 4.88 Å². The van der Waals surface area contributed by atoms with Gasteiger partial charge in [0.15, 0.2) is 11.5 Å². The fourth-order valence-corrected chi connectivity index (χ4v) is 3.01. The van der Waals surface area contributed by atoms with Gasteiger partial charge in [-0.05, 0) is 11.6 Å². The maximum absolute atomic E-state index is 11.3. The van der Waals surface area contributed by atoms with Crippen LogP contribution in [0.5, 0.6) is 5.75 Å². The number of thiophene rings is 1. The number of carbonyl (C=O) groups is 1. The van der Waals surface area contributed by atoms with E-state index in [2.05, 4.69) is 20.9 Å². The van der Waals surface area contributed by atoms with Crippen molar-refractivity contribution in [3.63, 3.8) is 0 Å². The maximum Gasteiger partial charge on any atom is 0.343 e. The van der Waals surface area contributed by atoms with E-state index in [1.165, 1.54) is 7.11 Å². The van der Waals surface area contributed by atoms with Crippen molar-refractivity contribution in [2.24, 2.45) is 5.10 Å². The summed E-state index contributed by atoms with van der Waals surface area (Å²) in [5, 5.41) is 4.14. The third kappa shape index (κ3) is 3.08. The number of benzene rings is 1. The van der Waals surface area contributed by atoms with Crippen molar-refractivity contribution in [2.75, 3.05) is 13.7 Å². The first-order valence-corrected chi connectivity index (χ1v) is 7.40. The number of nitrogens with one attached hydrogen (secondary N) is 2. The Bertz CT molecular complexity index is 699. The molecule has 0 spiro atoms. The molecule has 4 N–H and O–H groups in total. The van der Waals surface area contributed by atoms with Crippen LogP contribution in [0.1, 0.15) is 4.88 Å². The Morgan fingerprint density at radius 2 is 2.18 bits per heavy atom. The van der Waals surface area contributed by atoms with E-state index in [0.717, 1.165) is 21.2 Å². The Kier molecular flexibility index (Phi) is 4.33. The lowest BCUT2D eigenvalue weighted by molar-refractivity contribution is -0.601. The number of esters is 1. The number of hydrazine groups is 1. The number of nitrogens with zero attached hydrogens (tertiary/aromatic N) is 1. The molecule has 2 aromatic rings. The lowest BCUT2D eigenvalue weighted by Crippen LogP contribution is -2.95. The molecule has 0 aliphatic carbocycles. The average molecular weight is 319 g/mol. The Labute approximate surface area is 130 Å². The van der Waals surface area contributed by atoms with Gasteiger partial charge < -0.3 is 9.47 Å². The van der Waals surface area contributed by atoms with Crippen molar-refractivity contribution >= 4 is 23.1 Å². The molecule has 0 radical (unpaired) electrons. The van der Waals surface area contributed by atoms with Crippen molar-refractivity contribution in [1.29, 1.82) is 0 Å². The number of hydrogen-bond acceptors (Lipinski definition) is 7. The average Bonchev–Trinajstić information content (AvgIpc) is 3.22. The SMILES string of the molecule is COC(=O)COc1cc(-c2ccccc2)sc1C1=NNN[NH2+]1. The Balaban J connectivity index is 1.92. The van der Waals surface area contributed by atoms with E-state index in [4.69, 9.17) is 4.74 Å². The van der Waals surface area contributed by atoms with Gasteiger partial charge in [-0.3, -0.25) is 0 Å². The summed E-state index contributed by atoms with van der Waals surface area (Å²) in [6.45, 7) is -0.136. The molecule has 22 heavy (non-hydrogen) atoms. The molecular formula is C14H15N4O3S+. The van der Waals surface area contributed by atoms with E-state index in [1.54, 1.807) is 16.8 Å². The number of rotatable bonds is 5. The highest BCUT2D eigenvalue weighted by molar-refractivity contribution is 7.17. The molecule has 2 heterocycles. The molecule has 8 heteroatoms. The molecule has 0 amide bonds. The van der Waals surface area contributed by atoms with Crippen LogP contribution in [0.15, 0.2) is 41.5 Å². The summed E-state index contributed by atoms with van der Waals surface area (Å²) < 4.78 is 10.2. The monoisotopic (exact) mass is 319 g/mol. The maximum atomic E-state index is 11.3. The van der Waals surface area contributed by atoms with Crippen LogP contribution in [0, 0.1) is 0 Å². The number of hydrazone groups is 1. The highest BCUT2D eigenvalue weighted by Crippen LogP contribution is 2.36. The number of nitrogens with two attached hydrogens (primary N) is 1. The van der Waals surface area contributed by atoms with Gasteiger partial charge in [-0.2, -0.15) is 11.0 Å². The van der Waals surface area contributed by atoms with E-state index in [1.807, 2.05) is 36.4 Å². The van der Waals surface area contributed by atoms with Crippen LogP contribution >= 0.6 is 11.3 Å². The van der Waals surface area contributed by atoms with Crippen molar-refractivity contribution in [3.8, 4) is 16.2 Å². The number of hydrogen-bond donors (Lipinski definition) is 3. The first-order valence-electron chi connectivity index (χ1n) is 6.58. The highest BCUT2D eigenvalue weighted by atomic mass is 32.1. The van der Waals surface area contributed by atoms with Crippen LogP contribution in [0.3, 0.4) is 0 Å². The first-order chi connectivity index (χ1) is 10.8. The minimum Gasteiger partial charge on any atom is -0.480 e. The summed E-state index contributed by atoms with van der Waals surface area (Å²) in [7, 11) is 1.33. The summed E-state index contributed by atoms with van der Waals surface area (Å²) in [5.41, 5.74) is 8.29. The van der Waals surface area contributed by atoms with Crippen LogP contribution < -0.4 is 21.2 Å². The normalized spacial score (nSPS) is 13.4. The molecule has 0 saturated carbocycles. The number of carbonyl (C=O) groups excluding carboxylic acids is 1. The molecule has 7 nitrogen and oxygen atoms in total. The molecule has 3 rings (SSSR count). The molecule has 0 saturated heterocycles. The Hall–Kier alpha value is -2.42. The summed E-state index contributed by atoms with van der Waals surface area (Å²) in [6.07, 6.45) is 0. The zero-order chi connectivity index (χ0) is 15.4. The Morgan fingerprint density at radius 1 is 1.36 bits per heavy atom. The van der Waals surface area contributed by atoms with Crippen molar-refractivity contribution in [2.45, 2.75) is 0 Å². The zero-order valence-electron chi connectivity index (χ0n) is 11.8. The summed E-state index contributed by atoms with van der Waals surface area (Å²) in [6, 6.07) is 11.9. The second-order valence-corrected chi connectivity index (χ2v) is 5.48. The van der Waals surface area contributed by atoms with Gasteiger partial charge in [0.25, 0.3) is 5.84 Å². The smallest absolute Gasteiger partial charge is 0.343 e. The zero-order valence-corrected chi connectivity index (χ0v) is 12.6. The Morgan fingerprint density at radius 3 is 2.86 bits per heavy atom. The molecule has 1 aliphatic rings. The third-order valence-corrected chi connectivity index (χ3v) is 4.20. The second kappa shape index (κ2) is 6.56. The molecule has 0 atom stereocenters. The third-order valence-electron chi connectivity index (χ3n) is 3.01. The van der Waals surface area contributed by atoms with Crippen LogP contribution in [-0.2, 0) is 9.53 Å². The first kappa shape index (κ1) is 14.5. The number of ether oxygens (including phenoxy) is 2. The molecule has 114 valence electrons. The van der Waals surface area contributed by atoms with E-state index in [0.29, 0.717) is 5.75 Å². The second-order valence-electron chi connectivity index (χ2n) is 4.43. The van der Waals surface area contributed by atoms with Gasteiger partial charge >= 0.3 is 5.97 Å². The molecule has 1 aromatic heterocycles. The van der Waals surface area contributed by atoms with Gasteiger partial charge in [0.1, 0.15) is 5.75 Å². The van der Waals surface area contributed by atoms with E-state index < -0.39 is 5.97 Å². The van der Waals surface area contributed by atoms with E-state index in [-0.39, 0.29) is 6.61 Å². The topological polar surface area (TPSA) is 88.6 Å². The van der Waals surface area contributed by atoms with Crippen LogP contribution in [0.2, 0.25) is 0 Å². The van der Waals surface area contributed by atoms with Gasteiger partial charge in [-0.15, -0.1) is 16.4 Å². The summed E-state index contributed by atoms with van der Waals surface area (Å²) in [4.78, 5) is 13.2. The molecule has 0 fully saturated rings. The van der Waals surface area contributed by atoms with Crippen molar-refractivity contribution in [1.82, 2.24) is 11.1 Å². The molecular weight excluding hydrogens is 304 g/mol. The van der Waals surface area contributed by atoms with E-state index in [9.17, 15) is 4.79 Å².